The predicted octanol–water partition coefficient (Wildman–Crippen LogP) is 1.75. The van der Waals surface area contributed by atoms with E-state index in [2.05, 4.69) is 10.1 Å². The molecule has 1 amide bonds. The molecule has 0 unspecified atom stereocenters. The zero-order valence-electron chi connectivity index (χ0n) is 12.0. The van der Waals surface area contributed by atoms with Crippen LogP contribution in [0.25, 0.3) is 16.5 Å². The van der Waals surface area contributed by atoms with Crippen molar-refractivity contribution in [2.45, 2.75) is 6.92 Å². The highest BCUT2D eigenvalue weighted by Crippen LogP contribution is 2.24. The number of nitrogens with two attached hydrogens (primary N) is 2. The average Bonchev–Trinajstić information content (AvgIpc) is 2.87. The molecule has 0 aliphatic rings. The molecule has 0 saturated carbocycles. The Morgan fingerprint density at radius 2 is 1.86 bits per heavy atom. The Labute approximate surface area is 127 Å². The fourth-order valence-corrected chi connectivity index (χ4v) is 2.43. The molecule has 1 aromatic heterocycles. The molecule has 2 aromatic carbocycles. The Hall–Kier alpha value is -3.15. The number of nitrogens with zero attached hydrogens (tertiary/aromatic N) is 3. The fraction of sp³-hybridized carbons (Fsp3) is 0.0625. The number of benzene rings is 2. The van der Waals surface area contributed by atoms with Crippen LogP contribution in [0.3, 0.4) is 0 Å². The first-order chi connectivity index (χ1) is 10.6. The van der Waals surface area contributed by atoms with Gasteiger partial charge in [0.2, 0.25) is 0 Å². The number of hydrogen-bond donors (Lipinski definition) is 2. The first-order valence-corrected chi connectivity index (χ1v) is 6.74. The van der Waals surface area contributed by atoms with Crippen LogP contribution in [0.4, 0.5) is 0 Å². The molecule has 0 aliphatic carbocycles. The van der Waals surface area contributed by atoms with Crippen LogP contribution in [0.15, 0.2) is 53.7 Å². The lowest BCUT2D eigenvalue weighted by Gasteiger charge is -2.08. The van der Waals surface area contributed by atoms with Crippen LogP contribution in [0.2, 0.25) is 0 Å². The van der Waals surface area contributed by atoms with E-state index >= 15 is 0 Å². The smallest absolute Gasteiger partial charge is 0.283 e. The number of aliphatic imine (C=N–C) groups is 1. The second-order valence-corrected chi connectivity index (χ2v) is 4.90. The zero-order chi connectivity index (χ0) is 15.7. The van der Waals surface area contributed by atoms with Crippen LogP contribution in [0, 0.1) is 6.92 Å². The van der Waals surface area contributed by atoms with Gasteiger partial charge in [-0.1, -0.05) is 36.4 Å². The molecule has 0 radical (unpaired) electrons. The summed E-state index contributed by atoms with van der Waals surface area (Å²) in [5.74, 6) is -0.758. The molecular formula is C16H15N5O. The molecular weight excluding hydrogens is 278 g/mol. The Kier molecular flexibility index (Phi) is 3.34. The molecule has 6 heteroatoms. The highest BCUT2D eigenvalue weighted by molar-refractivity contribution is 6.02. The Balaban J connectivity index is 2.15. The average molecular weight is 293 g/mol. The molecule has 0 spiro atoms. The minimum absolute atomic E-state index is 0.262. The fourth-order valence-electron chi connectivity index (χ4n) is 2.43. The minimum atomic E-state index is -0.496. The molecule has 0 atom stereocenters. The van der Waals surface area contributed by atoms with Gasteiger partial charge in [0.15, 0.2) is 5.96 Å². The van der Waals surface area contributed by atoms with Gasteiger partial charge in [0.05, 0.1) is 23.1 Å². The summed E-state index contributed by atoms with van der Waals surface area (Å²) >= 11 is 0. The molecule has 0 bridgehead atoms. The number of guanidine groups is 1. The van der Waals surface area contributed by atoms with Gasteiger partial charge in [0.1, 0.15) is 0 Å². The van der Waals surface area contributed by atoms with E-state index in [-0.39, 0.29) is 5.96 Å². The van der Waals surface area contributed by atoms with Crippen molar-refractivity contribution in [1.29, 1.82) is 0 Å². The number of carbonyl (C=O) groups excluding carboxylic acids is 1. The molecule has 1 heterocycles. The van der Waals surface area contributed by atoms with Crippen LogP contribution in [0.5, 0.6) is 0 Å². The third kappa shape index (κ3) is 2.31. The number of amides is 1. The topological polar surface area (TPSA) is 99.3 Å². The number of fused-ring (bicyclic) bond motifs is 1. The summed E-state index contributed by atoms with van der Waals surface area (Å²) in [6.45, 7) is 1.81. The van der Waals surface area contributed by atoms with Gasteiger partial charge in [-0.2, -0.15) is 10.1 Å². The number of hydrogen-bond acceptors (Lipinski definition) is 2. The molecule has 0 saturated heterocycles. The molecule has 3 rings (SSSR count). The third-order valence-corrected chi connectivity index (χ3v) is 3.47. The van der Waals surface area contributed by atoms with Crippen LogP contribution in [0.1, 0.15) is 16.1 Å². The largest absolute Gasteiger partial charge is 0.370 e. The SMILES string of the molecule is Cc1c(C(=O)N=C(N)N)cnn1-c1cccc2ccccc12. The highest BCUT2D eigenvalue weighted by atomic mass is 16.1. The maximum absolute atomic E-state index is 12.0. The van der Waals surface area contributed by atoms with Crippen molar-refractivity contribution in [3.63, 3.8) is 0 Å². The first-order valence-electron chi connectivity index (χ1n) is 6.74. The minimum Gasteiger partial charge on any atom is -0.370 e. The molecule has 3 aromatic rings. The van der Waals surface area contributed by atoms with Gasteiger partial charge in [0.25, 0.3) is 5.91 Å². The second-order valence-electron chi connectivity index (χ2n) is 4.90. The van der Waals surface area contributed by atoms with Crippen LogP contribution in [-0.4, -0.2) is 21.6 Å². The molecule has 4 N–H and O–H groups in total. The summed E-state index contributed by atoms with van der Waals surface area (Å²) in [5, 5.41) is 6.47. The van der Waals surface area contributed by atoms with Gasteiger partial charge in [-0.15, -0.1) is 0 Å². The van der Waals surface area contributed by atoms with Gasteiger partial charge in [-0.05, 0) is 18.4 Å². The Morgan fingerprint density at radius 1 is 1.14 bits per heavy atom. The van der Waals surface area contributed by atoms with E-state index in [1.807, 2.05) is 49.4 Å². The van der Waals surface area contributed by atoms with Crippen molar-refractivity contribution in [3.8, 4) is 5.69 Å². The maximum Gasteiger partial charge on any atom is 0.283 e. The second kappa shape index (κ2) is 5.33. The standard InChI is InChI=1S/C16H15N5O/c1-10-13(15(22)20-16(17)18)9-19-21(10)14-8-4-6-11-5-2-3-7-12(11)14/h2-9H,1H3,(H4,17,18,20,22). The van der Waals surface area contributed by atoms with E-state index in [1.54, 1.807) is 4.68 Å². The van der Waals surface area contributed by atoms with Crippen LogP contribution < -0.4 is 11.5 Å². The third-order valence-electron chi connectivity index (χ3n) is 3.47. The molecule has 6 nitrogen and oxygen atoms in total. The van der Waals surface area contributed by atoms with Crippen molar-refractivity contribution in [3.05, 3.63) is 59.9 Å². The van der Waals surface area contributed by atoms with Gasteiger partial charge in [-0.25, -0.2) is 4.68 Å². The van der Waals surface area contributed by atoms with E-state index in [4.69, 9.17) is 11.5 Å². The van der Waals surface area contributed by atoms with E-state index in [0.717, 1.165) is 16.5 Å². The van der Waals surface area contributed by atoms with Gasteiger partial charge in [0, 0.05) is 5.39 Å². The number of aromatic nitrogens is 2. The monoisotopic (exact) mass is 293 g/mol. The summed E-state index contributed by atoms with van der Waals surface area (Å²) < 4.78 is 1.72. The van der Waals surface area contributed by atoms with Gasteiger partial charge in [-0.3, -0.25) is 4.79 Å². The Bertz CT molecular complexity index is 885. The van der Waals surface area contributed by atoms with Crippen LogP contribution >= 0.6 is 0 Å². The van der Waals surface area contributed by atoms with E-state index in [0.29, 0.717) is 11.3 Å². The molecule has 0 aliphatic heterocycles. The number of carbonyl (C=O) groups is 1. The van der Waals surface area contributed by atoms with Crippen molar-refractivity contribution >= 4 is 22.6 Å². The lowest BCUT2D eigenvalue weighted by molar-refractivity contribution is 0.100. The quantitative estimate of drug-likeness (QED) is 0.555. The maximum atomic E-state index is 12.0. The molecule has 0 fully saturated rings. The Morgan fingerprint density at radius 3 is 2.64 bits per heavy atom. The summed E-state index contributed by atoms with van der Waals surface area (Å²) in [4.78, 5) is 15.5. The summed E-state index contributed by atoms with van der Waals surface area (Å²) in [6.07, 6.45) is 1.48. The van der Waals surface area contributed by atoms with Crippen molar-refractivity contribution in [2.75, 3.05) is 0 Å². The molecule has 22 heavy (non-hydrogen) atoms. The normalized spacial score (nSPS) is 10.6. The lowest BCUT2D eigenvalue weighted by atomic mass is 10.1. The van der Waals surface area contributed by atoms with Gasteiger partial charge < -0.3 is 11.5 Å². The van der Waals surface area contributed by atoms with E-state index in [9.17, 15) is 4.79 Å². The zero-order valence-corrected chi connectivity index (χ0v) is 12.0. The van der Waals surface area contributed by atoms with E-state index in [1.165, 1.54) is 6.20 Å². The highest BCUT2D eigenvalue weighted by Gasteiger charge is 2.15. The summed E-state index contributed by atoms with van der Waals surface area (Å²) in [6, 6.07) is 13.9. The van der Waals surface area contributed by atoms with Crippen molar-refractivity contribution in [2.24, 2.45) is 16.5 Å². The lowest BCUT2D eigenvalue weighted by Crippen LogP contribution is -2.24. The van der Waals surface area contributed by atoms with Crippen LogP contribution in [-0.2, 0) is 0 Å². The summed E-state index contributed by atoms with van der Waals surface area (Å²) in [5.41, 5.74) is 12.5. The molecule has 110 valence electrons. The first kappa shape index (κ1) is 13.8. The van der Waals surface area contributed by atoms with Gasteiger partial charge >= 0.3 is 0 Å². The van der Waals surface area contributed by atoms with E-state index < -0.39 is 5.91 Å². The van der Waals surface area contributed by atoms with Crippen molar-refractivity contribution in [1.82, 2.24) is 9.78 Å². The van der Waals surface area contributed by atoms with Crippen molar-refractivity contribution < 1.29 is 4.79 Å². The predicted molar refractivity (Wildman–Crippen MR) is 85.9 cm³/mol. The summed E-state index contributed by atoms with van der Waals surface area (Å²) in [7, 11) is 0. The number of rotatable bonds is 2.